The molecule has 0 aliphatic heterocycles. The van der Waals surface area contributed by atoms with Gasteiger partial charge in [0, 0.05) is 17.0 Å². The van der Waals surface area contributed by atoms with E-state index in [1.807, 2.05) is 13.0 Å². The van der Waals surface area contributed by atoms with Crippen LogP contribution in [0.1, 0.15) is 32.3 Å². The Morgan fingerprint density at radius 3 is 2.50 bits per heavy atom. The van der Waals surface area contributed by atoms with E-state index in [-0.39, 0.29) is 5.41 Å². The zero-order valence-corrected chi connectivity index (χ0v) is 10.8. The molecule has 0 unspecified atom stereocenters. The normalized spacial score (nSPS) is 11.8. The molecule has 0 spiro atoms. The van der Waals surface area contributed by atoms with Gasteiger partial charge in [-0.25, -0.2) is 15.0 Å². The predicted octanol–water partition coefficient (Wildman–Crippen LogP) is 3.21. The second-order valence-corrected chi connectivity index (χ2v) is 5.64. The number of hydrogen-bond donors (Lipinski definition) is 0. The van der Waals surface area contributed by atoms with Gasteiger partial charge < -0.3 is 0 Å². The number of thiazole rings is 1. The van der Waals surface area contributed by atoms with Crippen LogP contribution in [0.4, 0.5) is 0 Å². The molecule has 4 heteroatoms. The summed E-state index contributed by atoms with van der Waals surface area (Å²) < 4.78 is 0. The van der Waals surface area contributed by atoms with Gasteiger partial charge in [0.1, 0.15) is 16.5 Å². The Kier molecular flexibility index (Phi) is 2.76. The van der Waals surface area contributed by atoms with Crippen LogP contribution in [0.15, 0.2) is 17.6 Å². The molecule has 2 heterocycles. The highest BCUT2D eigenvalue weighted by Gasteiger charge is 2.18. The van der Waals surface area contributed by atoms with Crippen LogP contribution in [-0.4, -0.2) is 15.0 Å². The average molecular weight is 233 g/mol. The molecule has 0 saturated heterocycles. The topological polar surface area (TPSA) is 38.7 Å². The molecule has 2 aromatic heterocycles. The zero-order valence-electron chi connectivity index (χ0n) is 9.98. The fraction of sp³-hybridized carbons (Fsp3) is 0.417. The maximum absolute atomic E-state index is 4.62. The van der Waals surface area contributed by atoms with E-state index < -0.39 is 0 Å². The van der Waals surface area contributed by atoms with E-state index in [1.54, 1.807) is 17.5 Å². The summed E-state index contributed by atoms with van der Waals surface area (Å²) in [7, 11) is 0. The number of nitrogens with zero attached hydrogens (tertiary/aromatic N) is 3. The van der Waals surface area contributed by atoms with E-state index in [4.69, 9.17) is 0 Å². The summed E-state index contributed by atoms with van der Waals surface area (Å²) in [4.78, 5) is 13.1. The van der Waals surface area contributed by atoms with Crippen molar-refractivity contribution in [2.24, 2.45) is 0 Å². The van der Waals surface area contributed by atoms with Gasteiger partial charge in [-0.1, -0.05) is 20.8 Å². The average Bonchev–Trinajstić information content (AvgIpc) is 2.65. The summed E-state index contributed by atoms with van der Waals surface area (Å²) in [5.74, 6) is 0.782. The Balaban J connectivity index is 2.39. The van der Waals surface area contributed by atoms with Gasteiger partial charge >= 0.3 is 0 Å². The van der Waals surface area contributed by atoms with Crippen molar-refractivity contribution in [3.05, 3.63) is 29.2 Å². The molecule has 0 N–H and O–H groups in total. The largest absolute Gasteiger partial charge is 0.242 e. The summed E-state index contributed by atoms with van der Waals surface area (Å²) in [6, 6.07) is 1.90. The lowest BCUT2D eigenvalue weighted by Gasteiger charge is -2.14. The molecule has 2 rings (SSSR count). The summed E-state index contributed by atoms with van der Waals surface area (Å²) in [5.41, 5.74) is 2.12. The third-order valence-corrected chi connectivity index (χ3v) is 3.13. The van der Waals surface area contributed by atoms with Gasteiger partial charge in [-0.05, 0) is 13.0 Å². The third kappa shape index (κ3) is 2.27. The third-order valence-electron chi connectivity index (χ3n) is 2.27. The first-order chi connectivity index (χ1) is 7.47. The molecule has 0 aromatic carbocycles. The van der Waals surface area contributed by atoms with Gasteiger partial charge in [0.25, 0.3) is 0 Å². The summed E-state index contributed by atoms with van der Waals surface area (Å²) in [5, 5.41) is 3.07. The molecule has 0 aliphatic carbocycles. The monoisotopic (exact) mass is 233 g/mol. The maximum atomic E-state index is 4.62. The first-order valence-electron chi connectivity index (χ1n) is 5.23. The first kappa shape index (κ1) is 11.2. The van der Waals surface area contributed by atoms with E-state index in [1.165, 1.54) is 0 Å². The molecule has 3 nitrogen and oxygen atoms in total. The molecule has 2 aromatic rings. The SMILES string of the molecule is Cc1nccc(-c2nc(C(C)(C)C)cs2)n1. The van der Waals surface area contributed by atoms with Gasteiger partial charge in [0.15, 0.2) is 0 Å². The fourth-order valence-electron chi connectivity index (χ4n) is 1.31. The van der Waals surface area contributed by atoms with Gasteiger partial charge in [-0.2, -0.15) is 0 Å². The summed E-state index contributed by atoms with van der Waals surface area (Å²) in [6.07, 6.45) is 1.77. The summed E-state index contributed by atoms with van der Waals surface area (Å²) >= 11 is 1.64. The van der Waals surface area contributed by atoms with Crippen molar-refractivity contribution >= 4 is 11.3 Å². The molecule has 0 radical (unpaired) electrons. The lowest BCUT2D eigenvalue weighted by molar-refractivity contribution is 0.573. The standard InChI is InChI=1S/C12H15N3S/c1-8-13-6-5-9(14-8)11-15-10(7-16-11)12(2,3)4/h5-7H,1-4H3. The van der Waals surface area contributed by atoms with Crippen molar-refractivity contribution in [3.63, 3.8) is 0 Å². The minimum Gasteiger partial charge on any atom is -0.242 e. The Morgan fingerprint density at radius 1 is 1.19 bits per heavy atom. The van der Waals surface area contributed by atoms with Crippen molar-refractivity contribution in [2.75, 3.05) is 0 Å². The molecular formula is C12H15N3S. The lowest BCUT2D eigenvalue weighted by Crippen LogP contribution is -2.11. The van der Waals surface area contributed by atoms with Crippen LogP contribution in [-0.2, 0) is 5.41 Å². The van der Waals surface area contributed by atoms with Crippen LogP contribution < -0.4 is 0 Å². The van der Waals surface area contributed by atoms with Gasteiger partial charge in [0.05, 0.1) is 5.69 Å². The zero-order chi connectivity index (χ0) is 11.8. The van der Waals surface area contributed by atoms with Crippen molar-refractivity contribution < 1.29 is 0 Å². The number of aromatic nitrogens is 3. The number of hydrogen-bond acceptors (Lipinski definition) is 4. The maximum Gasteiger partial charge on any atom is 0.142 e. The van der Waals surface area contributed by atoms with Crippen LogP contribution in [0.3, 0.4) is 0 Å². The van der Waals surface area contributed by atoms with Crippen LogP contribution in [0, 0.1) is 6.92 Å². The quantitative estimate of drug-likeness (QED) is 0.759. The highest BCUT2D eigenvalue weighted by atomic mass is 32.1. The van der Waals surface area contributed by atoms with Crippen molar-refractivity contribution in [3.8, 4) is 10.7 Å². The molecule has 0 atom stereocenters. The molecule has 0 saturated carbocycles. The van der Waals surface area contributed by atoms with Gasteiger partial charge in [0.2, 0.25) is 0 Å². The van der Waals surface area contributed by atoms with E-state index >= 15 is 0 Å². The minimum atomic E-state index is 0.0941. The minimum absolute atomic E-state index is 0.0941. The second kappa shape index (κ2) is 3.94. The molecule has 0 bridgehead atoms. The Hall–Kier alpha value is -1.29. The Labute approximate surface area is 99.6 Å². The molecule has 84 valence electrons. The fourth-order valence-corrected chi connectivity index (χ4v) is 2.33. The molecule has 16 heavy (non-hydrogen) atoms. The highest BCUT2D eigenvalue weighted by Crippen LogP contribution is 2.28. The van der Waals surface area contributed by atoms with Gasteiger partial charge in [-0.15, -0.1) is 11.3 Å². The number of aryl methyl sites for hydroxylation is 1. The second-order valence-electron chi connectivity index (χ2n) is 4.78. The molecular weight excluding hydrogens is 218 g/mol. The smallest absolute Gasteiger partial charge is 0.142 e. The van der Waals surface area contributed by atoms with Crippen LogP contribution in [0.5, 0.6) is 0 Å². The van der Waals surface area contributed by atoms with Gasteiger partial charge in [-0.3, -0.25) is 0 Å². The molecule has 0 aliphatic rings. The first-order valence-corrected chi connectivity index (χ1v) is 6.11. The van der Waals surface area contributed by atoms with E-state index in [0.29, 0.717) is 0 Å². The Morgan fingerprint density at radius 2 is 1.94 bits per heavy atom. The highest BCUT2D eigenvalue weighted by molar-refractivity contribution is 7.13. The Bertz CT molecular complexity index is 497. The van der Waals surface area contributed by atoms with Crippen LogP contribution in [0.2, 0.25) is 0 Å². The van der Waals surface area contributed by atoms with Crippen LogP contribution in [0.25, 0.3) is 10.7 Å². The molecule has 0 amide bonds. The van der Waals surface area contributed by atoms with Crippen LogP contribution >= 0.6 is 11.3 Å². The van der Waals surface area contributed by atoms with Crippen molar-refractivity contribution in [1.82, 2.24) is 15.0 Å². The van der Waals surface area contributed by atoms with E-state index in [0.717, 1.165) is 22.2 Å². The number of rotatable bonds is 1. The predicted molar refractivity (Wildman–Crippen MR) is 66.6 cm³/mol. The lowest BCUT2D eigenvalue weighted by atomic mass is 9.93. The van der Waals surface area contributed by atoms with E-state index in [2.05, 4.69) is 41.1 Å². The van der Waals surface area contributed by atoms with Crippen molar-refractivity contribution in [2.45, 2.75) is 33.1 Å². The summed E-state index contributed by atoms with van der Waals surface area (Å²) in [6.45, 7) is 8.38. The van der Waals surface area contributed by atoms with Crippen molar-refractivity contribution in [1.29, 1.82) is 0 Å². The van der Waals surface area contributed by atoms with E-state index in [9.17, 15) is 0 Å². The molecule has 0 fully saturated rings.